The number of aromatic nitrogens is 3. The van der Waals surface area contributed by atoms with Gasteiger partial charge in [-0.1, -0.05) is 13.0 Å². The molecular formula is C14H19BrN4. The minimum atomic E-state index is 0.216. The molecule has 4 nitrogen and oxygen atoms in total. The normalized spacial score (nSPS) is 12.7. The van der Waals surface area contributed by atoms with E-state index in [9.17, 15) is 0 Å². The lowest BCUT2D eigenvalue weighted by Crippen LogP contribution is -2.21. The molecular weight excluding hydrogens is 304 g/mol. The Hall–Kier alpha value is -1.20. The van der Waals surface area contributed by atoms with Crippen molar-refractivity contribution < 1.29 is 0 Å². The number of nitrogens with two attached hydrogens (primary N) is 1. The molecule has 0 fully saturated rings. The van der Waals surface area contributed by atoms with Gasteiger partial charge in [-0.3, -0.25) is 0 Å². The molecule has 0 saturated heterocycles. The number of hydrogen-bond donors (Lipinski definition) is 1. The summed E-state index contributed by atoms with van der Waals surface area (Å²) in [6.07, 6.45) is 1.88. The Kier molecular flexibility index (Phi) is 4.37. The van der Waals surface area contributed by atoms with E-state index in [2.05, 4.69) is 51.1 Å². The van der Waals surface area contributed by atoms with Crippen molar-refractivity contribution in [3.63, 3.8) is 0 Å². The minimum absolute atomic E-state index is 0.216. The van der Waals surface area contributed by atoms with Gasteiger partial charge in [0.05, 0.1) is 5.69 Å². The van der Waals surface area contributed by atoms with E-state index in [4.69, 9.17) is 5.73 Å². The van der Waals surface area contributed by atoms with Gasteiger partial charge in [-0.15, -0.1) is 0 Å². The first-order valence-corrected chi connectivity index (χ1v) is 7.25. The summed E-state index contributed by atoms with van der Waals surface area (Å²) in [4.78, 5) is 4.32. The van der Waals surface area contributed by atoms with Gasteiger partial charge in [0.25, 0.3) is 0 Å². The summed E-state index contributed by atoms with van der Waals surface area (Å²) in [7, 11) is 0. The maximum Gasteiger partial charge on any atom is 0.148 e. The molecule has 102 valence electrons. The zero-order valence-corrected chi connectivity index (χ0v) is 13.1. The predicted molar refractivity (Wildman–Crippen MR) is 80.5 cm³/mol. The standard InChI is InChI=1S/C14H19BrN4/c1-4-12(16)7-11-5-6-14(13(15)8-11)19-10(3)17-9(2)18-19/h5-6,8,12H,4,7,16H2,1-3H3. The fourth-order valence-corrected chi connectivity index (χ4v) is 2.64. The zero-order valence-electron chi connectivity index (χ0n) is 11.5. The lowest BCUT2D eigenvalue weighted by atomic mass is 10.0. The largest absolute Gasteiger partial charge is 0.327 e. The second-order valence-corrected chi connectivity index (χ2v) is 5.63. The van der Waals surface area contributed by atoms with Crippen LogP contribution in [0.15, 0.2) is 22.7 Å². The van der Waals surface area contributed by atoms with Gasteiger partial charge >= 0.3 is 0 Å². The molecule has 0 aliphatic heterocycles. The van der Waals surface area contributed by atoms with Crippen molar-refractivity contribution in [3.05, 3.63) is 39.9 Å². The molecule has 1 aromatic heterocycles. The van der Waals surface area contributed by atoms with E-state index in [-0.39, 0.29) is 6.04 Å². The quantitative estimate of drug-likeness (QED) is 0.941. The molecule has 0 aliphatic rings. The molecule has 0 saturated carbocycles. The summed E-state index contributed by atoms with van der Waals surface area (Å²) in [6.45, 7) is 5.95. The van der Waals surface area contributed by atoms with Crippen LogP contribution in [0.25, 0.3) is 5.69 Å². The zero-order chi connectivity index (χ0) is 14.0. The first-order valence-electron chi connectivity index (χ1n) is 6.46. The average Bonchev–Trinajstić information content (AvgIpc) is 2.68. The topological polar surface area (TPSA) is 56.7 Å². The Morgan fingerprint density at radius 2 is 2.11 bits per heavy atom. The van der Waals surface area contributed by atoms with E-state index in [1.807, 2.05) is 18.5 Å². The number of nitrogens with zero attached hydrogens (tertiary/aromatic N) is 3. The molecule has 1 atom stereocenters. The Morgan fingerprint density at radius 3 is 2.63 bits per heavy atom. The number of rotatable bonds is 4. The Balaban J connectivity index is 2.32. The van der Waals surface area contributed by atoms with E-state index >= 15 is 0 Å². The van der Waals surface area contributed by atoms with Crippen molar-refractivity contribution in [2.45, 2.75) is 39.7 Å². The van der Waals surface area contributed by atoms with E-state index < -0.39 is 0 Å². The number of halogens is 1. The van der Waals surface area contributed by atoms with Crippen LogP contribution in [0.4, 0.5) is 0 Å². The molecule has 1 unspecified atom stereocenters. The van der Waals surface area contributed by atoms with Crippen LogP contribution in [0, 0.1) is 13.8 Å². The van der Waals surface area contributed by atoms with Crippen molar-refractivity contribution in [3.8, 4) is 5.69 Å². The highest BCUT2D eigenvalue weighted by molar-refractivity contribution is 9.10. The summed E-state index contributed by atoms with van der Waals surface area (Å²) >= 11 is 3.61. The summed E-state index contributed by atoms with van der Waals surface area (Å²) in [6, 6.07) is 6.49. The maximum atomic E-state index is 5.99. The van der Waals surface area contributed by atoms with Crippen molar-refractivity contribution in [2.75, 3.05) is 0 Å². The smallest absolute Gasteiger partial charge is 0.148 e. The van der Waals surface area contributed by atoms with Crippen molar-refractivity contribution >= 4 is 15.9 Å². The van der Waals surface area contributed by atoms with Crippen molar-refractivity contribution in [1.82, 2.24) is 14.8 Å². The Bertz CT molecular complexity index is 577. The number of aryl methyl sites for hydroxylation is 2. The third-order valence-corrected chi connectivity index (χ3v) is 3.77. The van der Waals surface area contributed by atoms with Gasteiger partial charge in [0, 0.05) is 10.5 Å². The molecule has 1 aromatic carbocycles. The summed E-state index contributed by atoms with van der Waals surface area (Å²) in [5.41, 5.74) is 8.23. The molecule has 19 heavy (non-hydrogen) atoms. The molecule has 5 heteroatoms. The monoisotopic (exact) mass is 322 g/mol. The fourth-order valence-electron chi connectivity index (χ4n) is 2.05. The second-order valence-electron chi connectivity index (χ2n) is 4.78. The fraction of sp³-hybridized carbons (Fsp3) is 0.429. The van der Waals surface area contributed by atoms with Crippen LogP contribution in [0.3, 0.4) is 0 Å². The van der Waals surface area contributed by atoms with Gasteiger partial charge in [0.2, 0.25) is 0 Å². The van der Waals surface area contributed by atoms with Crippen LogP contribution in [0.1, 0.15) is 30.6 Å². The van der Waals surface area contributed by atoms with Gasteiger partial charge in [-0.2, -0.15) is 5.10 Å². The van der Waals surface area contributed by atoms with E-state index in [0.29, 0.717) is 0 Å². The van der Waals surface area contributed by atoms with Crippen LogP contribution in [-0.4, -0.2) is 20.8 Å². The molecule has 2 aromatic rings. The highest BCUT2D eigenvalue weighted by Gasteiger charge is 2.10. The summed E-state index contributed by atoms with van der Waals surface area (Å²) in [5.74, 6) is 1.66. The molecule has 1 heterocycles. The first kappa shape index (κ1) is 14.2. The van der Waals surface area contributed by atoms with Crippen LogP contribution in [0.2, 0.25) is 0 Å². The van der Waals surface area contributed by atoms with Crippen LogP contribution in [0.5, 0.6) is 0 Å². The molecule has 2 N–H and O–H groups in total. The molecule has 0 aliphatic carbocycles. The highest BCUT2D eigenvalue weighted by atomic mass is 79.9. The Labute approximate surface area is 122 Å². The number of hydrogen-bond acceptors (Lipinski definition) is 3. The highest BCUT2D eigenvalue weighted by Crippen LogP contribution is 2.23. The predicted octanol–water partition coefficient (Wildman–Crippen LogP) is 2.93. The summed E-state index contributed by atoms with van der Waals surface area (Å²) < 4.78 is 2.87. The molecule has 2 rings (SSSR count). The molecule has 0 amide bonds. The van der Waals surface area contributed by atoms with E-state index in [1.165, 1.54) is 5.56 Å². The lowest BCUT2D eigenvalue weighted by Gasteiger charge is -2.11. The van der Waals surface area contributed by atoms with Gasteiger partial charge in [-0.05, 0) is 60.3 Å². The minimum Gasteiger partial charge on any atom is -0.327 e. The average molecular weight is 323 g/mol. The van der Waals surface area contributed by atoms with Gasteiger partial charge < -0.3 is 5.73 Å². The van der Waals surface area contributed by atoms with Crippen LogP contribution >= 0.6 is 15.9 Å². The van der Waals surface area contributed by atoms with E-state index in [0.717, 1.165) is 34.7 Å². The maximum absolute atomic E-state index is 5.99. The second kappa shape index (κ2) is 5.84. The third kappa shape index (κ3) is 3.22. The lowest BCUT2D eigenvalue weighted by molar-refractivity contribution is 0.646. The van der Waals surface area contributed by atoms with Crippen molar-refractivity contribution in [2.24, 2.45) is 5.73 Å². The SMILES string of the molecule is CCC(N)Cc1ccc(-n2nc(C)nc2C)c(Br)c1. The number of benzene rings is 1. The van der Waals surface area contributed by atoms with Crippen molar-refractivity contribution in [1.29, 1.82) is 0 Å². The molecule has 0 spiro atoms. The van der Waals surface area contributed by atoms with Gasteiger partial charge in [0.1, 0.15) is 11.6 Å². The van der Waals surface area contributed by atoms with E-state index in [1.54, 1.807) is 0 Å². The molecule has 0 bridgehead atoms. The van der Waals surface area contributed by atoms with Gasteiger partial charge in [0.15, 0.2) is 0 Å². The van der Waals surface area contributed by atoms with Crippen LogP contribution < -0.4 is 5.73 Å². The van der Waals surface area contributed by atoms with Crippen LogP contribution in [-0.2, 0) is 6.42 Å². The summed E-state index contributed by atoms with van der Waals surface area (Å²) in [5, 5.41) is 4.40. The first-order chi connectivity index (χ1) is 9.01. The molecule has 0 radical (unpaired) electrons. The van der Waals surface area contributed by atoms with Gasteiger partial charge in [-0.25, -0.2) is 9.67 Å². The Morgan fingerprint density at radius 1 is 1.37 bits per heavy atom. The third-order valence-electron chi connectivity index (χ3n) is 3.14.